The lowest BCUT2D eigenvalue weighted by Crippen LogP contribution is -2.15. The molecule has 1 unspecified atom stereocenters. The molecule has 4 nitrogen and oxygen atoms in total. The molecule has 1 N–H and O–H groups in total. The second kappa shape index (κ2) is 7.33. The molecule has 0 radical (unpaired) electrons. The zero-order chi connectivity index (χ0) is 12.7. The highest BCUT2D eigenvalue weighted by Crippen LogP contribution is 2.14. The summed E-state index contributed by atoms with van der Waals surface area (Å²) >= 11 is 0. The van der Waals surface area contributed by atoms with Crippen LogP contribution in [0.1, 0.15) is 39.7 Å². The molecule has 0 bridgehead atoms. The van der Waals surface area contributed by atoms with Gasteiger partial charge < -0.3 is 14.6 Å². The van der Waals surface area contributed by atoms with Gasteiger partial charge >= 0.3 is 0 Å². The molecule has 98 valence electrons. The van der Waals surface area contributed by atoms with Crippen LogP contribution in [0.25, 0.3) is 0 Å². The Balaban J connectivity index is 2.40. The standard InChI is InChI=1S/C13H25N3O/c1-11(2)6-5-7-14-13-15-8-9-16(13)12(3)10-17-4/h8-9,11-12H,5-7,10H2,1-4H3,(H,14,15). The highest BCUT2D eigenvalue weighted by molar-refractivity contribution is 5.26. The molecule has 0 aliphatic carbocycles. The summed E-state index contributed by atoms with van der Waals surface area (Å²) in [6.07, 6.45) is 6.26. The molecule has 1 aromatic heterocycles. The van der Waals surface area contributed by atoms with E-state index < -0.39 is 0 Å². The van der Waals surface area contributed by atoms with Crippen LogP contribution in [0.3, 0.4) is 0 Å². The number of imidazole rings is 1. The fraction of sp³-hybridized carbons (Fsp3) is 0.769. The van der Waals surface area contributed by atoms with Crippen molar-refractivity contribution >= 4 is 5.95 Å². The summed E-state index contributed by atoms with van der Waals surface area (Å²) in [4.78, 5) is 4.33. The van der Waals surface area contributed by atoms with Gasteiger partial charge in [-0.15, -0.1) is 0 Å². The van der Waals surface area contributed by atoms with Crippen LogP contribution >= 0.6 is 0 Å². The first-order valence-electron chi connectivity index (χ1n) is 6.40. The third-order valence-corrected chi connectivity index (χ3v) is 2.79. The topological polar surface area (TPSA) is 39.1 Å². The van der Waals surface area contributed by atoms with Crippen LogP contribution in [-0.2, 0) is 4.74 Å². The summed E-state index contributed by atoms with van der Waals surface area (Å²) in [7, 11) is 1.73. The van der Waals surface area contributed by atoms with Crippen molar-refractivity contribution in [2.24, 2.45) is 5.92 Å². The van der Waals surface area contributed by atoms with Crippen LogP contribution < -0.4 is 5.32 Å². The molecule has 0 saturated heterocycles. The number of aromatic nitrogens is 2. The number of rotatable bonds is 8. The maximum absolute atomic E-state index is 5.16. The second-order valence-corrected chi connectivity index (χ2v) is 4.93. The van der Waals surface area contributed by atoms with Crippen LogP contribution in [0, 0.1) is 5.92 Å². The average molecular weight is 239 g/mol. The summed E-state index contributed by atoms with van der Waals surface area (Å²) in [6.45, 7) is 8.32. The van der Waals surface area contributed by atoms with E-state index in [9.17, 15) is 0 Å². The highest BCUT2D eigenvalue weighted by atomic mass is 16.5. The SMILES string of the molecule is COCC(C)n1ccnc1NCCCC(C)C. The van der Waals surface area contributed by atoms with Crippen molar-refractivity contribution in [1.82, 2.24) is 9.55 Å². The number of ether oxygens (including phenoxy) is 1. The van der Waals surface area contributed by atoms with E-state index in [4.69, 9.17) is 4.74 Å². The Morgan fingerprint density at radius 2 is 2.18 bits per heavy atom. The van der Waals surface area contributed by atoms with Crippen molar-refractivity contribution in [2.75, 3.05) is 25.6 Å². The number of hydrogen-bond donors (Lipinski definition) is 1. The van der Waals surface area contributed by atoms with E-state index in [1.165, 1.54) is 12.8 Å². The van der Waals surface area contributed by atoms with Gasteiger partial charge in [0.15, 0.2) is 0 Å². The smallest absolute Gasteiger partial charge is 0.203 e. The third-order valence-electron chi connectivity index (χ3n) is 2.79. The van der Waals surface area contributed by atoms with Crippen LogP contribution in [0.5, 0.6) is 0 Å². The summed E-state index contributed by atoms with van der Waals surface area (Å²) in [6, 6.07) is 0.315. The Kier molecular flexibility index (Phi) is 6.05. The minimum absolute atomic E-state index is 0.315. The number of hydrogen-bond acceptors (Lipinski definition) is 3. The van der Waals surface area contributed by atoms with Crippen LogP contribution in [0.4, 0.5) is 5.95 Å². The van der Waals surface area contributed by atoms with E-state index in [1.54, 1.807) is 7.11 Å². The van der Waals surface area contributed by atoms with Crippen molar-refractivity contribution in [2.45, 2.75) is 39.7 Å². The third kappa shape index (κ3) is 4.77. The van der Waals surface area contributed by atoms with Gasteiger partial charge in [0.25, 0.3) is 0 Å². The van der Waals surface area contributed by atoms with Gasteiger partial charge in [-0.1, -0.05) is 13.8 Å². The summed E-state index contributed by atoms with van der Waals surface area (Å²) in [5, 5.41) is 3.38. The predicted octanol–water partition coefficient (Wildman–Crippen LogP) is 2.94. The van der Waals surface area contributed by atoms with Crippen molar-refractivity contribution in [3.8, 4) is 0 Å². The van der Waals surface area contributed by atoms with E-state index in [-0.39, 0.29) is 0 Å². The molecule has 0 aliphatic heterocycles. The van der Waals surface area contributed by atoms with Gasteiger partial charge in [0, 0.05) is 26.0 Å². The lowest BCUT2D eigenvalue weighted by atomic mass is 10.1. The number of nitrogens with one attached hydrogen (secondary N) is 1. The van der Waals surface area contributed by atoms with Crippen LogP contribution in [0.15, 0.2) is 12.4 Å². The molecule has 1 aromatic rings. The van der Waals surface area contributed by atoms with Gasteiger partial charge in [-0.05, 0) is 25.7 Å². The average Bonchev–Trinajstić information content (AvgIpc) is 2.72. The van der Waals surface area contributed by atoms with Gasteiger partial charge in [0.05, 0.1) is 12.6 Å². The van der Waals surface area contributed by atoms with Crippen LogP contribution in [0.2, 0.25) is 0 Å². The number of anilines is 1. The molecule has 1 heterocycles. The van der Waals surface area contributed by atoms with Gasteiger partial charge in [0.2, 0.25) is 5.95 Å². The fourth-order valence-corrected chi connectivity index (χ4v) is 1.84. The zero-order valence-electron chi connectivity index (χ0n) is 11.4. The first-order valence-corrected chi connectivity index (χ1v) is 6.40. The largest absolute Gasteiger partial charge is 0.383 e. The summed E-state index contributed by atoms with van der Waals surface area (Å²) < 4.78 is 7.29. The summed E-state index contributed by atoms with van der Waals surface area (Å²) in [5.74, 6) is 1.71. The fourth-order valence-electron chi connectivity index (χ4n) is 1.84. The van der Waals surface area contributed by atoms with E-state index in [0.29, 0.717) is 12.6 Å². The Labute approximate surface area is 104 Å². The monoisotopic (exact) mass is 239 g/mol. The van der Waals surface area contributed by atoms with E-state index >= 15 is 0 Å². The van der Waals surface area contributed by atoms with Gasteiger partial charge in [-0.2, -0.15) is 0 Å². The molecular formula is C13H25N3O. The quantitative estimate of drug-likeness (QED) is 0.709. The van der Waals surface area contributed by atoms with Crippen molar-refractivity contribution in [3.63, 3.8) is 0 Å². The van der Waals surface area contributed by atoms with Crippen molar-refractivity contribution in [1.29, 1.82) is 0 Å². The maximum atomic E-state index is 5.16. The predicted molar refractivity (Wildman–Crippen MR) is 71.4 cm³/mol. The lowest BCUT2D eigenvalue weighted by molar-refractivity contribution is 0.163. The highest BCUT2D eigenvalue weighted by Gasteiger charge is 2.08. The number of methoxy groups -OCH3 is 1. The molecule has 1 atom stereocenters. The Morgan fingerprint density at radius 3 is 2.82 bits per heavy atom. The van der Waals surface area contributed by atoms with Gasteiger partial charge in [-0.25, -0.2) is 4.98 Å². The molecule has 0 aliphatic rings. The van der Waals surface area contributed by atoms with E-state index in [2.05, 4.69) is 35.6 Å². The Bertz CT molecular complexity index is 309. The van der Waals surface area contributed by atoms with Crippen LogP contribution in [-0.4, -0.2) is 29.8 Å². The molecule has 17 heavy (non-hydrogen) atoms. The molecule has 0 aromatic carbocycles. The van der Waals surface area contributed by atoms with E-state index in [1.807, 2.05) is 12.4 Å². The first-order chi connectivity index (χ1) is 8.15. The molecule has 0 spiro atoms. The van der Waals surface area contributed by atoms with Gasteiger partial charge in [0.1, 0.15) is 0 Å². The molecule has 1 rings (SSSR count). The molecule has 0 saturated carbocycles. The van der Waals surface area contributed by atoms with Crippen molar-refractivity contribution in [3.05, 3.63) is 12.4 Å². The Hall–Kier alpha value is -1.03. The number of nitrogens with zero attached hydrogens (tertiary/aromatic N) is 2. The summed E-state index contributed by atoms with van der Waals surface area (Å²) in [5.41, 5.74) is 0. The lowest BCUT2D eigenvalue weighted by Gasteiger charge is -2.16. The molecular weight excluding hydrogens is 214 g/mol. The first kappa shape index (κ1) is 14.0. The second-order valence-electron chi connectivity index (χ2n) is 4.93. The zero-order valence-corrected chi connectivity index (χ0v) is 11.4. The van der Waals surface area contributed by atoms with E-state index in [0.717, 1.165) is 18.4 Å². The van der Waals surface area contributed by atoms with Gasteiger partial charge in [-0.3, -0.25) is 0 Å². The normalized spacial score (nSPS) is 13.0. The molecule has 0 amide bonds. The molecule has 4 heteroatoms. The van der Waals surface area contributed by atoms with Crippen molar-refractivity contribution < 1.29 is 4.74 Å². The minimum Gasteiger partial charge on any atom is -0.383 e. The molecule has 0 fully saturated rings. The Morgan fingerprint density at radius 1 is 1.41 bits per heavy atom. The maximum Gasteiger partial charge on any atom is 0.203 e. The minimum atomic E-state index is 0.315.